The van der Waals surface area contributed by atoms with Crippen molar-refractivity contribution in [2.24, 2.45) is 0 Å². The van der Waals surface area contributed by atoms with Gasteiger partial charge in [-0.2, -0.15) is 5.26 Å². The average Bonchev–Trinajstić information content (AvgIpc) is 3.03. The van der Waals surface area contributed by atoms with Crippen molar-refractivity contribution in [1.82, 2.24) is 9.78 Å². The van der Waals surface area contributed by atoms with Crippen LogP contribution in [0, 0.1) is 22.2 Å². The molecule has 0 aliphatic rings. The predicted molar refractivity (Wildman–Crippen MR) is 112 cm³/mol. The summed E-state index contributed by atoms with van der Waals surface area (Å²) in [5.74, 6) is 0.132. The highest BCUT2D eigenvalue weighted by Gasteiger charge is 2.10. The Morgan fingerprint density at radius 2 is 2.04 bits per heavy atom. The Labute approximate surface area is 170 Å². The number of carbonyl (C=O) groups excluding carboxylic acids is 1. The molecule has 3 aromatic rings. The second-order valence-electron chi connectivity index (χ2n) is 5.70. The van der Waals surface area contributed by atoms with Crippen LogP contribution >= 0.6 is 35.3 Å². The SMILES string of the molecule is Cc1ccccc1-n1nc(SCC(=O)Nc2ccc(CC#N)cc2)sc1=S. The van der Waals surface area contributed by atoms with E-state index in [0.29, 0.717) is 16.1 Å². The molecule has 1 heterocycles. The molecule has 1 N–H and O–H groups in total. The zero-order valence-electron chi connectivity index (χ0n) is 14.5. The maximum Gasteiger partial charge on any atom is 0.234 e. The minimum Gasteiger partial charge on any atom is -0.325 e. The number of hydrogen-bond acceptors (Lipinski definition) is 6. The van der Waals surface area contributed by atoms with E-state index in [-0.39, 0.29) is 11.7 Å². The number of thioether (sulfide) groups is 1. The minimum absolute atomic E-state index is 0.114. The third-order valence-electron chi connectivity index (χ3n) is 3.72. The van der Waals surface area contributed by atoms with Crippen molar-refractivity contribution in [3.05, 3.63) is 63.6 Å². The number of nitriles is 1. The van der Waals surface area contributed by atoms with Crippen molar-refractivity contribution in [3.8, 4) is 11.8 Å². The Morgan fingerprint density at radius 1 is 1.30 bits per heavy atom. The van der Waals surface area contributed by atoms with Crippen molar-refractivity contribution in [3.63, 3.8) is 0 Å². The number of aromatic nitrogens is 2. The van der Waals surface area contributed by atoms with Crippen molar-refractivity contribution in [2.45, 2.75) is 17.7 Å². The molecule has 0 saturated heterocycles. The lowest BCUT2D eigenvalue weighted by atomic mass is 10.1. The van der Waals surface area contributed by atoms with Crippen molar-refractivity contribution in [1.29, 1.82) is 5.26 Å². The fraction of sp³-hybridized carbons (Fsp3) is 0.158. The van der Waals surface area contributed by atoms with E-state index in [9.17, 15) is 4.79 Å². The first-order chi connectivity index (χ1) is 13.1. The first-order valence-corrected chi connectivity index (χ1v) is 10.3. The molecule has 5 nitrogen and oxygen atoms in total. The Hall–Kier alpha value is -2.47. The van der Waals surface area contributed by atoms with Crippen molar-refractivity contribution < 1.29 is 4.79 Å². The molecule has 0 radical (unpaired) electrons. The standard InChI is InChI=1S/C19H16N4OS3/c1-13-4-2-3-5-16(13)23-19(25)27-18(22-23)26-12-17(24)21-15-8-6-14(7-9-15)10-11-20/h2-9H,10,12H2,1H3,(H,21,24). The van der Waals surface area contributed by atoms with Gasteiger partial charge in [-0.15, -0.1) is 5.10 Å². The van der Waals surface area contributed by atoms with E-state index < -0.39 is 0 Å². The molecule has 27 heavy (non-hydrogen) atoms. The van der Waals surface area contributed by atoms with Gasteiger partial charge in [0, 0.05) is 5.69 Å². The van der Waals surface area contributed by atoms with E-state index >= 15 is 0 Å². The third kappa shape index (κ3) is 5.04. The lowest BCUT2D eigenvalue weighted by Gasteiger charge is -2.05. The van der Waals surface area contributed by atoms with Gasteiger partial charge in [-0.05, 0) is 48.5 Å². The topological polar surface area (TPSA) is 70.7 Å². The largest absolute Gasteiger partial charge is 0.325 e. The van der Waals surface area contributed by atoms with Crippen LogP contribution in [0.5, 0.6) is 0 Å². The Morgan fingerprint density at radius 3 is 2.74 bits per heavy atom. The summed E-state index contributed by atoms with van der Waals surface area (Å²) in [5.41, 5.74) is 3.67. The van der Waals surface area contributed by atoms with Gasteiger partial charge in [0.2, 0.25) is 5.91 Å². The van der Waals surface area contributed by atoms with Crippen LogP contribution < -0.4 is 5.32 Å². The molecule has 0 bridgehead atoms. The number of aryl methyl sites for hydroxylation is 1. The van der Waals surface area contributed by atoms with Gasteiger partial charge in [0.1, 0.15) is 0 Å². The maximum absolute atomic E-state index is 12.2. The monoisotopic (exact) mass is 412 g/mol. The molecular weight excluding hydrogens is 396 g/mol. The van der Waals surface area contributed by atoms with Crippen molar-refractivity contribution in [2.75, 3.05) is 11.1 Å². The van der Waals surface area contributed by atoms with Crippen molar-refractivity contribution >= 4 is 46.9 Å². The molecule has 0 atom stereocenters. The number of para-hydroxylation sites is 1. The number of benzene rings is 2. The van der Waals surface area contributed by atoms with Crippen LogP contribution in [0.1, 0.15) is 11.1 Å². The van der Waals surface area contributed by atoms with E-state index in [0.717, 1.165) is 21.2 Å². The van der Waals surface area contributed by atoms with Gasteiger partial charge in [0.05, 0.1) is 23.9 Å². The lowest BCUT2D eigenvalue weighted by molar-refractivity contribution is -0.113. The molecule has 0 aliphatic heterocycles. The van der Waals surface area contributed by atoms with E-state index in [1.165, 1.54) is 23.1 Å². The second kappa shape index (κ2) is 8.95. The first kappa shape index (κ1) is 19.3. The van der Waals surface area contributed by atoms with E-state index in [1.54, 1.807) is 16.8 Å². The van der Waals surface area contributed by atoms with Gasteiger partial charge in [-0.25, -0.2) is 4.68 Å². The summed E-state index contributed by atoms with van der Waals surface area (Å²) in [6.07, 6.45) is 0.360. The molecule has 0 unspecified atom stereocenters. The number of nitrogens with one attached hydrogen (secondary N) is 1. The fourth-order valence-electron chi connectivity index (χ4n) is 2.39. The van der Waals surface area contributed by atoms with Crippen LogP contribution in [0.2, 0.25) is 0 Å². The number of amides is 1. The summed E-state index contributed by atoms with van der Waals surface area (Å²) in [6, 6.07) is 17.3. The van der Waals surface area contributed by atoms with Gasteiger partial charge in [0.15, 0.2) is 8.29 Å². The summed E-state index contributed by atoms with van der Waals surface area (Å²) >= 11 is 8.17. The second-order valence-corrected chi connectivity index (χ2v) is 8.55. The summed E-state index contributed by atoms with van der Waals surface area (Å²) in [5, 5.41) is 16.1. The summed E-state index contributed by atoms with van der Waals surface area (Å²) in [4.78, 5) is 12.2. The Bertz CT molecular complexity index is 1050. The predicted octanol–water partition coefficient (Wildman–Crippen LogP) is 4.77. The number of hydrogen-bond donors (Lipinski definition) is 1. The normalized spacial score (nSPS) is 10.4. The van der Waals surface area contributed by atoms with E-state index in [2.05, 4.69) is 16.5 Å². The maximum atomic E-state index is 12.2. The van der Waals surface area contributed by atoms with Gasteiger partial charge < -0.3 is 5.32 Å². The van der Waals surface area contributed by atoms with Crippen LogP contribution in [0.15, 0.2) is 52.9 Å². The smallest absolute Gasteiger partial charge is 0.234 e. The van der Waals surface area contributed by atoms with Crippen LogP contribution in [-0.4, -0.2) is 21.4 Å². The molecule has 8 heteroatoms. The summed E-state index contributed by atoms with van der Waals surface area (Å²) < 4.78 is 3.15. The highest BCUT2D eigenvalue weighted by atomic mass is 32.2. The highest BCUT2D eigenvalue weighted by Crippen LogP contribution is 2.25. The van der Waals surface area contributed by atoms with Crippen LogP contribution in [0.25, 0.3) is 5.69 Å². The minimum atomic E-state index is -0.114. The zero-order chi connectivity index (χ0) is 19.2. The molecule has 1 aromatic heterocycles. The van der Waals surface area contributed by atoms with Gasteiger partial charge >= 0.3 is 0 Å². The van der Waals surface area contributed by atoms with E-state index in [1.807, 2.05) is 43.3 Å². The first-order valence-electron chi connectivity index (χ1n) is 8.11. The summed E-state index contributed by atoms with van der Waals surface area (Å²) in [6.45, 7) is 2.01. The number of anilines is 1. The number of nitrogens with zero attached hydrogens (tertiary/aromatic N) is 3. The Kier molecular flexibility index (Phi) is 6.40. The molecule has 0 fully saturated rings. The number of carbonyl (C=O) groups is 1. The molecule has 0 spiro atoms. The lowest BCUT2D eigenvalue weighted by Crippen LogP contribution is -2.14. The molecule has 136 valence electrons. The molecule has 3 rings (SSSR count). The Balaban J connectivity index is 1.61. The summed E-state index contributed by atoms with van der Waals surface area (Å²) in [7, 11) is 0. The molecule has 0 aliphatic carbocycles. The zero-order valence-corrected chi connectivity index (χ0v) is 17.0. The quantitative estimate of drug-likeness (QED) is 0.466. The van der Waals surface area contributed by atoms with E-state index in [4.69, 9.17) is 17.5 Å². The molecule has 2 aromatic carbocycles. The van der Waals surface area contributed by atoms with Gasteiger partial charge in [0.25, 0.3) is 0 Å². The molecular formula is C19H16N4OS3. The van der Waals surface area contributed by atoms with Gasteiger partial charge in [-0.3, -0.25) is 4.79 Å². The van der Waals surface area contributed by atoms with Gasteiger partial charge in [-0.1, -0.05) is 53.4 Å². The highest BCUT2D eigenvalue weighted by molar-refractivity contribution is 8.01. The van der Waals surface area contributed by atoms with Crippen LogP contribution in [0.3, 0.4) is 0 Å². The average molecular weight is 413 g/mol. The van der Waals surface area contributed by atoms with Crippen LogP contribution in [-0.2, 0) is 11.2 Å². The third-order valence-corrected chi connectivity index (χ3v) is 6.09. The molecule has 1 amide bonds. The van der Waals surface area contributed by atoms with Crippen LogP contribution in [0.4, 0.5) is 5.69 Å². The number of rotatable bonds is 6. The molecule has 0 saturated carbocycles. The fourth-order valence-corrected chi connectivity index (χ4v) is 4.54.